The van der Waals surface area contributed by atoms with E-state index in [-0.39, 0.29) is 5.41 Å². The van der Waals surface area contributed by atoms with E-state index < -0.39 is 0 Å². The summed E-state index contributed by atoms with van der Waals surface area (Å²) >= 11 is 0. The molecule has 0 radical (unpaired) electrons. The van der Waals surface area contributed by atoms with E-state index in [4.69, 9.17) is 4.42 Å². The van der Waals surface area contributed by atoms with Gasteiger partial charge in [0.15, 0.2) is 0 Å². The lowest BCUT2D eigenvalue weighted by molar-refractivity contribution is 0.660. The number of benzene rings is 10. The molecule has 14 rings (SSSR count). The molecule has 0 spiro atoms. The first-order valence-electron chi connectivity index (χ1n) is 23.2. The molecule has 0 fully saturated rings. The van der Waals surface area contributed by atoms with Crippen molar-refractivity contribution in [3.05, 3.63) is 236 Å². The summed E-state index contributed by atoms with van der Waals surface area (Å²) < 4.78 is 11.1. The van der Waals surface area contributed by atoms with Gasteiger partial charge in [-0.2, -0.15) is 0 Å². The van der Waals surface area contributed by atoms with Crippen LogP contribution in [0.2, 0.25) is 0 Å². The molecule has 10 aromatic carbocycles. The Bertz CT molecular complexity index is 4110. The summed E-state index contributed by atoms with van der Waals surface area (Å²) in [6.45, 7) is 4.71. The average molecular weight is 858 g/mol. The lowest BCUT2D eigenvalue weighted by atomic mass is 9.82. The van der Waals surface area contributed by atoms with Crippen molar-refractivity contribution in [1.82, 2.24) is 9.13 Å². The standard InChI is InChI=1S/C63H43N3O/c1-63(2)55-20-10-6-16-47(55)48-34-33-46(37-56(48)63)64(43-27-24-40(25-28-43)41-26-35-59-52(36-41)49-17-7-11-21-57(49)65(59)42-14-4-3-5-15-42)44-29-31-45(32-30-44)66-58-22-12-8-18-50(58)53-39-62-54(38-60(53)66)51-19-9-13-23-61(51)67-62/h3-39H,1-2H3. The van der Waals surface area contributed by atoms with E-state index in [0.29, 0.717) is 0 Å². The van der Waals surface area contributed by atoms with Crippen molar-refractivity contribution in [1.29, 1.82) is 0 Å². The van der Waals surface area contributed by atoms with Crippen LogP contribution in [-0.4, -0.2) is 9.13 Å². The van der Waals surface area contributed by atoms with Crippen LogP contribution >= 0.6 is 0 Å². The van der Waals surface area contributed by atoms with Crippen LogP contribution in [-0.2, 0) is 5.41 Å². The Morgan fingerprint density at radius 1 is 0.343 bits per heavy atom. The molecular formula is C63H43N3O. The second kappa shape index (κ2) is 14.2. The smallest absolute Gasteiger partial charge is 0.136 e. The zero-order chi connectivity index (χ0) is 44.4. The van der Waals surface area contributed by atoms with Crippen molar-refractivity contribution >= 4 is 82.6 Å². The van der Waals surface area contributed by atoms with E-state index in [1.807, 2.05) is 6.07 Å². The van der Waals surface area contributed by atoms with Gasteiger partial charge in [-0.25, -0.2) is 0 Å². The highest BCUT2D eigenvalue weighted by molar-refractivity contribution is 6.17. The molecule has 0 atom stereocenters. The normalized spacial score (nSPS) is 13.0. The number of aromatic nitrogens is 2. The predicted octanol–water partition coefficient (Wildman–Crippen LogP) is 17.2. The quantitative estimate of drug-likeness (QED) is 0.167. The van der Waals surface area contributed by atoms with E-state index >= 15 is 0 Å². The molecule has 3 heterocycles. The van der Waals surface area contributed by atoms with Gasteiger partial charge in [-0.15, -0.1) is 0 Å². The summed E-state index contributed by atoms with van der Waals surface area (Å²) in [6, 6.07) is 82.0. The minimum Gasteiger partial charge on any atom is -0.456 e. The molecule has 0 saturated carbocycles. The highest BCUT2D eigenvalue weighted by Crippen LogP contribution is 2.51. The Labute approximate surface area is 387 Å². The Hall–Kier alpha value is -8.60. The predicted molar refractivity (Wildman–Crippen MR) is 280 cm³/mol. The topological polar surface area (TPSA) is 26.2 Å². The molecule has 3 aromatic heterocycles. The van der Waals surface area contributed by atoms with Gasteiger partial charge in [0.1, 0.15) is 11.2 Å². The lowest BCUT2D eigenvalue weighted by Crippen LogP contribution is -2.16. The van der Waals surface area contributed by atoms with Gasteiger partial charge < -0.3 is 18.5 Å². The summed E-state index contributed by atoms with van der Waals surface area (Å²) in [6.07, 6.45) is 0. The minimum atomic E-state index is -0.133. The van der Waals surface area contributed by atoms with Gasteiger partial charge in [-0.1, -0.05) is 135 Å². The molecule has 4 nitrogen and oxygen atoms in total. The zero-order valence-electron chi connectivity index (χ0n) is 37.1. The maximum atomic E-state index is 6.37. The monoisotopic (exact) mass is 857 g/mol. The van der Waals surface area contributed by atoms with Gasteiger partial charge in [0, 0.05) is 66.2 Å². The van der Waals surface area contributed by atoms with Crippen LogP contribution in [0.1, 0.15) is 25.0 Å². The van der Waals surface area contributed by atoms with Crippen LogP contribution in [0.5, 0.6) is 0 Å². The first-order valence-corrected chi connectivity index (χ1v) is 23.2. The fourth-order valence-electron chi connectivity index (χ4n) is 11.3. The highest BCUT2D eigenvalue weighted by atomic mass is 16.3. The number of nitrogens with zero attached hydrogens (tertiary/aromatic N) is 3. The van der Waals surface area contributed by atoms with Crippen LogP contribution in [0.4, 0.5) is 17.1 Å². The molecule has 13 aromatic rings. The van der Waals surface area contributed by atoms with E-state index in [0.717, 1.165) is 61.4 Å². The molecule has 316 valence electrons. The molecule has 0 amide bonds. The molecule has 1 aliphatic carbocycles. The molecule has 0 bridgehead atoms. The fourth-order valence-corrected chi connectivity index (χ4v) is 11.3. The Morgan fingerprint density at radius 2 is 0.896 bits per heavy atom. The van der Waals surface area contributed by atoms with E-state index in [2.05, 4.69) is 246 Å². The average Bonchev–Trinajstić information content (AvgIpc) is 4.08. The summed E-state index contributed by atoms with van der Waals surface area (Å²) in [5.74, 6) is 0. The number of para-hydroxylation sites is 4. The van der Waals surface area contributed by atoms with Crippen molar-refractivity contribution in [3.63, 3.8) is 0 Å². The number of fused-ring (bicyclic) bond motifs is 12. The maximum Gasteiger partial charge on any atom is 0.136 e. The molecule has 67 heavy (non-hydrogen) atoms. The van der Waals surface area contributed by atoms with Crippen molar-refractivity contribution in [2.24, 2.45) is 0 Å². The van der Waals surface area contributed by atoms with Gasteiger partial charge in [-0.05, 0) is 137 Å². The molecule has 4 heteroatoms. The van der Waals surface area contributed by atoms with Crippen molar-refractivity contribution < 1.29 is 4.42 Å². The van der Waals surface area contributed by atoms with Crippen LogP contribution in [0.3, 0.4) is 0 Å². The molecule has 0 saturated heterocycles. The molecule has 0 unspecified atom stereocenters. The largest absolute Gasteiger partial charge is 0.456 e. The zero-order valence-corrected chi connectivity index (χ0v) is 37.1. The van der Waals surface area contributed by atoms with Gasteiger partial charge in [0.25, 0.3) is 0 Å². The number of anilines is 3. The lowest BCUT2D eigenvalue weighted by Gasteiger charge is -2.28. The van der Waals surface area contributed by atoms with Gasteiger partial charge in [-0.3, -0.25) is 0 Å². The second-order valence-electron chi connectivity index (χ2n) is 18.5. The van der Waals surface area contributed by atoms with Gasteiger partial charge >= 0.3 is 0 Å². The summed E-state index contributed by atoms with van der Waals surface area (Å²) in [5, 5.41) is 7.13. The first-order chi connectivity index (χ1) is 33.0. The SMILES string of the molecule is CC1(C)c2ccccc2-c2ccc(N(c3ccc(-c4ccc5c(c4)c4ccccc4n5-c4ccccc4)cc3)c3ccc(-n4c5ccccc5c5cc6oc7ccccc7c6cc54)cc3)cc21. The van der Waals surface area contributed by atoms with Crippen LogP contribution in [0.25, 0.3) is 99.2 Å². The third-order valence-corrected chi connectivity index (χ3v) is 14.5. The first kappa shape index (κ1) is 37.7. The van der Waals surface area contributed by atoms with Gasteiger partial charge in [0.05, 0.1) is 22.1 Å². The van der Waals surface area contributed by atoms with Crippen molar-refractivity contribution in [2.75, 3.05) is 4.90 Å². The van der Waals surface area contributed by atoms with Crippen molar-refractivity contribution in [3.8, 4) is 33.6 Å². The summed E-state index contributed by atoms with van der Waals surface area (Å²) in [4.78, 5) is 2.41. The Balaban J connectivity index is 0.899. The maximum absolute atomic E-state index is 6.37. The summed E-state index contributed by atoms with van der Waals surface area (Å²) in [5.41, 5.74) is 19.7. The van der Waals surface area contributed by atoms with Crippen LogP contribution in [0.15, 0.2) is 229 Å². The van der Waals surface area contributed by atoms with Crippen molar-refractivity contribution in [2.45, 2.75) is 19.3 Å². The number of furan rings is 1. The van der Waals surface area contributed by atoms with E-state index in [1.54, 1.807) is 0 Å². The molecular weight excluding hydrogens is 815 g/mol. The van der Waals surface area contributed by atoms with Gasteiger partial charge in [0.2, 0.25) is 0 Å². The number of hydrogen-bond donors (Lipinski definition) is 0. The minimum absolute atomic E-state index is 0.133. The Kier molecular flexibility index (Phi) is 8.00. The molecule has 1 aliphatic rings. The highest BCUT2D eigenvalue weighted by Gasteiger charge is 2.35. The number of hydrogen-bond acceptors (Lipinski definition) is 2. The van der Waals surface area contributed by atoms with Crippen LogP contribution in [0, 0.1) is 0 Å². The molecule has 0 N–H and O–H groups in total. The second-order valence-corrected chi connectivity index (χ2v) is 18.5. The summed E-state index contributed by atoms with van der Waals surface area (Å²) in [7, 11) is 0. The number of rotatable bonds is 6. The third-order valence-electron chi connectivity index (χ3n) is 14.5. The Morgan fingerprint density at radius 3 is 1.66 bits per heavy atom. The third kappa shape index (κ3) is 5.60. The fraction of sp³-hybridized carbons (Fsp3) is 0.0476. The van der Waals surface area contributed by atoms with E-state index in [1.165, 1.54) is 66.0 Å². The van der Waals surface area contributed by atoms with Crippen LogP contribution < -0.4 is 4.90 Å². The van der Waals surface area contributed by atoms with E-state index in [9.17, 15) is 0 Å². The molecule has 0 aliphatic heterocycles.